The zero-order valence-electron chi connectivity index (χ0n) is 35.3. The van der Waals surface area contributed by atoms with Crippen molar-refractivity contribution in [2.75, 3.05) is 0 Å². The summed E-state index contributed by atoms with van der Waals surface area (Å²) >= 11 is 0. The molecule has 11 rings (SSSR count). The van der Waals surface area contributed by atoms with E-state index in [-0.39, 0.29) is 5.84 Å². The molecule has 308 valence electrons. The summed E-state index contributed by atoms with van der Waals surface area (Å²) in [6.45, 7) is 6.78. The summed E-state index contributed by atoms with van der Waals surface area (Å²) in [6, 6.07) is 62.2. The van der Waals surface area contributed by atoms with Gasteiger partial charge in [-0.2, -0.15) is 0 Å². The third-order valence-corrected chi connectivity index (χ3v) is 11.7. The molecule has 6 heteroatoms. The Bertz CT molecular complexity index is 3570. The van der Waals surface area contributed by atoms with Crippen LogP contribution in [-0.4, -0.2) is 16.6 Å². The van der Waals surface area contributed by atoms with Gasteiger partial charge in [-0.25, -0.2) is 0 Å². The molecule has 0 radical (unpaired) electrons. The Morgan fingerprint density at radius 2 is 1.25 bits per heavy atom. The molecule has 3 N–H and O–H groups in total. The summed E-state index contributed by atoms with van der Waals surface area (Å²) < 4.78 is 15.2. The third-order valence-electron chi connectivity index (χ3n) is 11.7. The SMILES string of the molecule is C=Cc1c(/C=C\C)n(-c2ccccc2)c2ccc(CN=Cc3cccc4oc5ccc(-c6cccc7oc8cccc(-c9ccccc9)c8c67)cc5c34)cc12.N=C(N)c1ccccc1. The molecular formula is C58H44N4O2. The number of hydrogen-bond acceptors (Lipinski definition) is 4. The number of amidine groups is 1. The summed E-state index contributed by atoms with van der Waals surface area (Å²) in [5.74, 6) is 0.121. The Morgan fingerprint density at radius 3 is 1.91 bits per heavy atom. The molecule has 0 bridgehead atoms. The Balaban J connectivity index is 0.000000483. The summed E-state index contributed by atoms with van der Waals surface area (Å²) in [5, 5.41) is 12.5. The number of nitrogens with one attached hydrogen (secondary N) is 1. The number of allylic oxidation sites excluding steroid dienone is 1. The van der Waals surface area contributed by atoms with Gasteiger partial charge in [0.25, 0.3) is 0 Å². The first-order valence-corrected chi connectivity index (χ1v) is 21.3. The maximum absolute atomic E-state index is 7.01. The molecule has 0 atom stereocenters. The van der Waals surface area contributed by atoms with Crippen LogP contribution in [0.25, 0.3) is 94.9 Å². The number of rotatable bonds is 9. The van der Waals surface area contributed by atoms with Gasteiger partial charge in [0.1, 0.15) is 28.2 Å². The number of nitrogen functional groups attached to an aromatic ring is 1. The predicted octanol–water partition coefficient (Wildman–Crippen LogP) is 15.0. The lowest BCUT2D eigenvalue weighted by Crippen LogP contribution is -2.10. The minimum absolute atomic E-state index is 0.121. The molecule has 8 aromatic carbocycles. The van der Waals surface area contributed by atoms with E-state index in [1.807, 2.05) is 67.7 Å². The van der Waals surface area contributed by atoms with Gasteiger partial charge in [0, 0.05) is 55.5 Å². The van der Waals surface area contributed by atoms with E-state index in [1.54, 1.807) is 0 Å². The number of benzene rings is 8. The number of aliphatic imine (C=N–C) groups is 1. The van der Waals surface area contributed by atoms with Crippen LogP contribution in [0.2, 0.25) is 0 Å². The smallest absolute Gasteiger partial charge is 0.136 e. The molecule has 0 unspecified atom stereocenters. The highest BCUT2D eigenvalue weighted by atomic mass is 16.3. The fraction of sp³-hybridized carbons (Fsp3) is 0.0345. The van der Waals surface area contributed by atoms with Crippen molar-refractivity contribution in [1.29, 1.82) is 5.41 Å². The standard InChI is InChI=1S/C51H36N2O2.C7H8N2/c1-3-14-43-38(4-2)41-29-33(25-27-44(41)53(43)37-18-9-6-10-19-37)31-52-32-36-17-11-22-46-49(36)42-30-35(26-28-45(42)54-46)40-21-13-24-48-51(40)50-39(20-12-23-47(50)55-48)34-15-7-5-8-16-34;8-7(9)6-4-2-1-3-5-6/h3-30,32H,2,31H2,1H3;1-5H,(H3,8,9)/b14-3-,52-32?;. The molecular weight excluding hydrogens is 785 g/mol. The molecule has 3 heterocycles. The second kappa shape index (κ2) is 17.1. The summed E-state index contributed by atoms with van der Waals surface area (Å²) in [5.41, 5.74) is 20.6. The van der Waals surface area contributed by atoms with Gasteiger partial charge in [-0.15, -0.1) is 0 Å². The number of nitrogens with two attached hydrogens (primary N) is 1. The molecule has 0 aliphatic heterocycles. The van der Waals surface area contributed by atoms with Crippen molar-refractivity contribution in [2.24, 2.45) is 10.7 Å². The van der Waals surface area contributed by atoms with Crippen LogP contribution in [0.5, 0.6) is 0 Å². The van der Waals surface area contributed by atoms with Gasteiger partial charge < -0.3 is 19.1 Å². The van der Waals surface area contributed by atoms with Crippen LogP contribution in [0.15, 0.2) is 208 Å². The van der Waals surface area contributed by atoms with E-state index in [0.29, 0.717) is 6.54 Å². The molecule has 0 saturated heterocycles. The van der Waals surface area contributed by atoms with Crippen LogP contribution in [-0.2, 0) is 6.54 Å². The topological polar surface area (TPSA) is 93.4 Å². The van der Waals surface area contributed by atoms with Crippen LogP contribution in [0.3, 0.4) is 0 Å². The van der Waals surface area contributed by atoms with E-state index in [2.05, 4.69) is 157 Å². The van der Waals surface area contributed by atoms with Gasteiger partial charge in [0.15, 0.2) is 0 Å². The number of para-hydroxylation sites is 1. The number of fused-ring (bicyclic) bond motifs is 7. The van der Waals surface area contributed by atoms with Crippen LogP contribution in [0, 0.1) is 5.41 Å². The average molecular weight is 829 g/mol. The van der Waals surface area contributed by atoms with E-state index < -0.39 is 0 Å². The van der Waals surface area contributed by atoms with Gasteiger partial charge >= 0.3 is 0 Å². The highest BCUT2D eigenvalue weighted by Gasteiger charge is 2.19. The molecule has 6 nitrogen and oxygen atoms in total. The molecule has 0 spiro atoms. The summed E-state index contributed by atoms with van der Waals surface area (Å²) in [4.78, 5) is 5.00. The maximum Gasteiger partial charge on any atom is 0.136 e. The van der Waals surface area contributed by atoms with Gasteiger partial charge in [-0.1, -0.05) is 146 Å². The van der Waals surface area contributed by atoms with Crippen molar-refractivity contribution >= 4 is 79.0 Å². The molecule has 0 fully saturated rings. The Kier molecular flexibility index (Phi) is 10.6. The first-order chi connectivity index (χ1) is 31.5. The normalized spacial score (nSPS) is 11.6. The lowest BCUT2D eigenvalue weighted by molar-refractivity contribution is 0.669. The molecule has 0 aliphatic rings. The lowest BCUT2D eigenvalue weighted by atomic mass is 9.94. The van der Waals surface area contributed by atoms with Crippen molar-refractivity contribution in [3.05, 3.63) is 223 Å². The Hall–Kier alpha value is -8.48. The van der Waals surface area contributed by atoms with Gasteiger partial charge in [-0.05, 0) is 95.4 Å². The van der Waals surface area contributed by atoms with Crippen molar-refractivity contribution in [1.82, 2.24) is 4.57 Å². The van der Waals surface area contributed by atoms with Crippen molar-refractivity contribution < 1.29 is 8.83 Å². The van der Waals surface area contributed by atoms with E-state index >= 15 is 0 Å². The average Bonchev–Trinajstić information content (AvgIpc) is 4.02. The number of nitrogens with zero attached hydrogens (tertiary/aromatic N) is 2. The largest absolute Gasteiger partial charge is 0.456 e. The van der Waals surface area contributed by atoms with Crippen molar-refractivity contribution in [3.8, 4) is 27.9 Å². The zero-order valence-corrected chi connectivity index (χ0v) is 35.3. The fourth-order valence-electron chi connectivity index (χ4n) is 8.83. The monoisotopic (exact) mass is 828 g/mol. The minimum Gasteiger partial charge on any atom is -0.456 e. The highest BCUT2D eigenvalue weighted by Crippen LogP contribution is 2.43. The van der Waals surface area contributed by atoms with Gasteiger partial charge in [0.2, 0.25) is 0 Å². The van der Waals surface area contributed by atoms with Crippen LogP contribution in [0.4, 0.5) is 0 Å². The van der Waals surface area contributed by atoms with Crippen molar-refractivity contribution in [2.45, 2.75) is 13.5 Å². The van der Waals surface area contributed by atoms with E-state index in [0.717, 1.165) is 111 Å². The summed E-state index contributed by atoms with van der Waals surface area (Å²) in [6.07, 6.45) is 8.18. The molecule has 64 heavy (non-hydrogen) atoms. The van der Waals surface area contributed by atoms with E-state index in [9.17, 15) is 0 Å². The van der Waals surface area contributed by atoms with Crippen LogP contribution >= 0.6 is 0 Å². The number of aromatic nitrogens is 1. The first kappa shape index (κ1) is 39.6. The quantitative estimate of drug-likeness (QED) is 0.112. The van der Waals surface area contributed by atoms with Crippen molar-refractivity contribution in [3.63, 3.8) is 0 Å². The summed E-state index contributed by atoms with van der Waals surface area (Å²) in [7, 11) is 0. The first-order valence-electron chi connectivity index (χ1n) is 21.3. The fourth-order valence-corrected chi connectivity index (χ4v) is 8.83. The van der Waals surface area contributed by atoms with E-state index in [1.165, 1.54) is 0 Å². The highest BCUT2D eigenvalue weighted by molar-refractivity contribution is 6.19. The molecule has 0 amide bonds. The van der Waals surface area contributed by atoms with E-state index in [4.69, 9.17) is 25.0 Å². The molecule has 0 saturated carbocycles. The molecule has 11 aromatic rings. The number of hydrogen-bond donors (Lipinski definition) is 2. The minimum atomic E-state index is 0.121. The molecule has 3 aromatic heterocycles. The Morgan fingerprint density at radius 1 is 0.625 bits per heavy atom. The van der Waals surface area contributed by atoms with Gasteiger partial charge in [-0.3, -0.25) is 10.4 Å². The van der Waals surface area contributed by atoms with Gasteiger partial charge in [0.05, 0.1) is 17.8 Å². The third kappa shape index (κ3) is 7.27. The Labute approximate surface area is 371 Å². The predicted molar refractivity (Wildman–Crippen MR) is 269 cm³/mol. The lowest BCUT2D eigenvalue weighted by Gasteiger charge is -2.09. The maximum atomic E-state index is 7.01. The second-order valence-electron chi connectivity index (χ2n) is 15.6. The second-order valence-corrected chi connectivity index (χ2v) is 15.6. The van der Waals surface area contributed by atoms with Crippen LogP contribution < -0.4 is 5.73 Å². The van der Waals surface area contributed by atoms with Crippen LogP contribution in [0.1, 0.15) is 34.9 Å². The zero-order chi connectivity index (χ0) is 43.6. The molecule has 0 aliphatic carbocycles. The number of furan rings is 2.